The third-order valence-corrected chi connectivity index (χ3v) is 3.35. The van der Waals surface area contributed by atoms with Crippen LogP contribution in [0.1, 0.15) is 24.2 Å². The zero-order chi connectivity index (χ0) is 14.7. The topological polar surface area (TPSA) is 48.0 Å². The maximum atomic E-state index is 12.6. The highest BCUT2D eigenvalue weighted by molar-refractivity contribution is 5.97. The van der Waals surface area contributed by atoms with Crippen molar-refractivity contribution in [1.29, 1.82) is 0 Å². The molecule has 0 bridgehead atoms. The Labute approximate surface area is 119 Å². The van der Waals surface area contributed by atoms with Crippen molar-refractivity contribution in [2.45, 2.75) is 26.1 Å². The van der Waals surface area contributed by atoms with Gasteiger partial charge in [-0.2, -0.15) is 0 Å². The SMILES string of the molecule is COc1ccc(C(=O)N2CC(C)OC(C)C2)c(OC)c1. The van der Waals surface area contributed by atoms with Gasteiger partial charge in [-0.25, -0.2) is 0 Å². The van der Waals surface area contributed by atoms with Crippen molar-refractivity contribution >= 4 is 5.91 Å². The summed E-state index contributed by atoms with van der Waals surface area (Å²) in [5.74, 6) is 1.16. The second-order valence-corrected chi connectivity index (χ2v) is 5.03. The zero-order valence-electron chi connectivity index (χ0n) is 12.4. The summed E-state index contributed by atoms with van der Waals surface area (Å²) in [5, 5.41) is 0. The fraction of sp³-hybridized carbons (Fsp3) is 0.533. The number of morpholine rings is 1. The first-order chi connectivity index (χ1) is 9.55. The molecule has 1 aromatic rings. The fourth-order valence-electron chi connectivity index (χ4n) is 2.49. The maximum Gasteiger partial charge on any atom is 0.257 e. The molecule has 1 fully saturated rings. The Morgan fingerprint density at radius 3 is 2.40 bits per heavy atom. The molecule has 1 amide bonds. The summed E-state index contributed by atoms with van der Waals surface area (Å²) in [6.07, 6.45) is 0.0962. The first kappa shape index (κ1) is 14.7. The van der Waals surface area contributed by atoms with Crippen molar-refractivity contribution < 1.29 is 19.0 Å². The van der Waals surface area contributed by atoms with Gasteiger partial charge >= 0.3 is 0 Å². The number of hydrogen-bond donors (Lipinski definition) is 0. The smallest absolute Gasteiger partial charge is 0.257 e. The highest BCUT2D eigenvalue weighted by Crippen LogP contribution is 2.26. The van der Waals surface area contributed by atoms with E-state index < -0.39 is 0 Å². The molecule has 1 saturated heterocycles. The van der Waals surface area contributed by atoms with Crippen molar-refractivity contribution in [3.8, 4) is 11.5 Å². The lowest BCUT2D eigenvalue weighted by Crippen LogP contribution is -2.48. The van der Waals surface area contributed by atoms with Gasteiger partial charge in [0.25, 0.3) is 5.91 Å². The van der Waals surface area contributed by atoms with Crippen LogP contribution in [0.15, 0.2) is 18.2 Å². The summed E-state index contributed by atoms with van der Waals surface area (Å²) in [6, 6.07) is 5.23. The number of carbonyl (C=O) groups excluding carboxylic acids is 1. The Morgan fingerprint density at radius 1 is 1.20 bits per heavy atom. The number of benzene rings is 1. The van der Waals surface area contributed by atoms with Gasteiger partial charge in [0.2, 0.25) is 0 Å². The van der Waals surface area contributed by atoms with Crippen LogP contribution in [0.5, 0.6) is 11.5 Å². The van der Waals surface area contributed by atoms with Gasteiger partial charge in [0.1, 0.15) is 11.5 Å². The monoisotopic (exact) mass is 279 g/mol. The lowest BCUT2D eigenvalue weighted by molar-refractivity contribution is -0.0586. The Bertz CT molecular complexity index is 479. The normalized spacial score (nSPS) is 22.5. The van der Waals surface area contributed by atoms with Gasteiger partial charge in [-0.3, -0.25) is 4.79 Å². The molecule has 0 aliphatic carbocycles. The molecule has 0 saturated carbocycles. The Kier molecular flexibility index (Phi) is 4.49. The van der Waals surface area contributed by atoms with Crippen molar-refractivity contribution in [1.82, 2.24) is 4.90 Å². The van der Waals surface area contributed by atoms with E-state index in [9.17, 15) is 4.79 Å². The Balaban J connectivity index is 2.24. The molecule has 2 atom stereocenters. The second kappa shape index (κ2) is 6.13. The van der Waals surface area contributed by atoms with E-state index in [2.05, 4.69) is 0 Å². The van der Waals surface area contributed by atoms with Crippen LogP contribution in [-0.2, 0) is 4.74 Å². The van der Waals surface area contributed by atoms with Gasteiger partial charge in [0, 0.05) is 19.2 Å². The number of rotatable bonds is 3. The molecule has 1 aliphatic rings. The van der Waals surface area contributed by atoms with Crippen molar-refractivity contribution in [3.05, 3.63) is 23.8 Å². The summed E-state index contributed by atoms with van der Waals surface area (Å²) in [4.78, 5) is 14.4. The molecule has 110 valence electrons. The molecule has 5 heteroatoms. The lowest BCUT2D eigenvalue weighted by Gasteiger charge is -2.35. The van der Waals surface area contributed by atoms with Gasteiger partial charge in [-0.1, -0.05) is 0 Å². The average Bonchev–Trinajstić information content (AvgIpc) is 2.44. The molecule has 0 spiro atoms. The third kappa shape index (κ3) is 3.04. The van der Waals surface area contributed by atoms with Gasteiger partial charge in [-0.05, 0) is 26.0 Å². The van der Waals surface area contributed by atoms with Crippen LogP contribution in [0, 0.1) is 0 Å². The van der Waals surface area contributed by atoms with Gasteiger partial charge in [-0.15, -0.1) is 0 Å². The minimum atomic E-state index is -0.0356. The van der Waals surface area contributed by atoms with Crippen molar-refractivity contribution in [2.75, 3.05) is 27.3 Å². The summed E-state index contributed by atoms with van der Waals surface area (Å²) in [7, 11) is 3.14. The molecule has 2 unspecified atom stereocenters. The third-order valence-electron chi connectivity index (χ3n) is 3.35. The van der Waals surface area contributed by atoms with E-state index in [-0.39, 0.29) is 18.1 Å². The largest absolute Gasteiger partial charge is 0.497 e. The zero-order valence-corrected chi connectivity index (χ0v) is 12.4. The van der Waals surface area contributed by atoms with E-state index >= 15 is 0 Å². The predicted molar refractivity (Wildman–Crippen MR) is 75.5 cm³/mol. The second-order valence-electron chi connectivity index (χ2n) is 5.03. The van der Waals surface area contributed by atoms with Crippen LogP contribution < -0.4 is 9.47 Å². The molecule has 1 heterocycles. The molecule has 0 N–H and O–H groups in total. The van der Waals surface area contributed by atoms with E-state index in [1.807, 2.05) is 18.7 Å². The average molecular weight is 279 g/mol. The molecular weight excluding hydrogens is 258 g/mol. The van der Waals surface area contributed by atoms with Crippen LogP contribution in [0.4, 0.5) is 0 Å². The summed E-state index contributed by atoms with van der Waals surface area (Å²) in [5.41, 5.74) is 0.551. The fourth-order valence-corrected chi connectivity index (χ4v) is 2.49. The molecule has 5 nitrogen and oxygen atoms in total. The van der Waals surface area contributed by atoms with Gasteiger partial charge < -0.3 is 19.1 Å². The number of methoxy groups -OCH3 is 2. The quantitative estimate of drug-likeness (QED) is 0.848. The van der Waals surface area contributed by atoms with E-state index in [1.165, 1.54) is 0 Å². The minimum Gasteiger partial charge on any atom is -0.497 e. The van der Waals surface area contributed by atoms with E-state index in [1.54, 1.807) is 32.4 Å². The predicted octanol–water partition coefficient (Wildman–Crippen LogP) is 1.95. The number of carbonyl (C=O) groups is 1. The lowest BCUT2D eigenvalue weighted by atomic mass is 10.1. The molecule has 0 aromatic heterocycles. The molecule has 2 rings (SSSR count). The standard InChI is InChI=1S/C15H21NO4/c1-10-8-16(9-11(2)20-10)15(17)13-6-5-12(18-3)7-14(13)19-4/h5-7,10-11H,8-9H2,1-4H3. The van der Waals surface area contributed by atoms with E-state index in [4.69, 9.17) is 14.2 Å². The maximum absolute atomic E-state index is 12.6. The van der Waals surface area contributed by atoms with Crippen molar-refractivity contribution in [3.63, 3.8) is 0 Å². The van der Waals surface area contributed by atoms with E-state index in [0.717, 1.165) is 0 Å². The van der Waals surface area contributed by atoms with Crippen LogP contribution in [-0.4, -0.2) is 50.3 Å². The molecule has 1 aromatic carbocycles. The number of ether oxygens (including phenoxy) is 3. The number of amides is 1. The Morgan fingerprint density at radius 2 is 1.85 bits per heavy atom. The van der Waals surface area contributed by atoms with Crippen molar-refractivity contribution in [2.24, 2.45) is 0 Å². The summed E-state index contributed by atoms with van der Waals surface area (Å²) < 4.78 is 16.1. The van der Waals surface area contributed by atoms with Crippen LogP contribution in [0.2, 0.25) is 0 Å². The van der Waals surface area contributed by atoms with Crippen LogP contribution in [0.25, 0.3) is 0 Å². The van der Waals surface area contributed by atoms with Crippen LogP contribution >= 0.6 is 0 Å². The molecule has 20 heavy (non-hydrogen) atoms. The Hall–Kier alpha value is -1.75. The molecular formula is C15H21NO4. The summed E-state index contributed by atoms with van der Waals surface area (Å²) in [6.45, 7) is 5.14. The van der Waals surface area contributed by atoms with Gasteiger partial charge in [0.05, 0.1) is 32.0 Å². The van der Waals surface area contributed by atoms with Gasteiger partial charge in [0.15, 0.2) is 0 Å². The van der Waals surface area contributed by atoms with Crippen LogP contribution in [0.3, 0.4) is 0 Å². The number of nitrogens with zero attached hydrogens (tertiary/aromatic N) is 1. The highest BCUT2D eigenvalue weighted by Gasteiger charge is 2.28. The highest BCUT2D eigenvalue weighted by atomic mass is 16.5. The number of hydrogen-bond acceptors (Lipinski definition) is 4. The first-order valence-electron chi connectivity index (χ1n) is 6.72. The minimum absolute atomic E-state index is 0.0356. The summed E-state index contributed by atoms with van der Waals surface area (Å²) >= 11 is 0. The molecule has 0 radical (unpaired) electrons. The first-order valence-corrected chi connectivity index (χ1v) is 6.72. The van der Waals surface area contributed by atoms with E-state index in [0.29, 0.717) is 30.2 Å². The molecule has 1 aliphatic heterocycles.